The molecule has 5 heteroatoms. The Bertz CT molecular complexity index is 318. The smallest absolute Gasteiger partial charge is 0.235 e. The predicted octanol–water partition coefficient (Wildman–Crippen LogP) is 2.27. The summed E-state index contributed by atoms with van der Waals surface area (Å²) in [5, 5.41) is 0. The van der Waals surface area contributed by atoms with Crippen LogP contribution in [0.3, 0.4) is 0 Å². The molecule has 118 valence electrons. The molecule has 0 aliphatic heterocycles. The highest BCUT2D eigenvalue weighted by atomic mass is 32.1. The van der Waals surface area contributed by atoms with Crippen LogP contribution in [0.5, 0.6) is 0 Å². The third kappa shape index (κ3) is 5.02. The van der Waals surface area contributed by atoms with Crippen molar-refractivity contribution in [1.82, 2.24) is 9.80 Å². The van der Waals surface area contributed by atoms with Gasteiger partial charge < -0.3 is 15.5 Å². The summed E-state index contributed by atoms with van der Waals surface area (Å²) in [6.07, 6.45) is 1.63. The zero-order valence-electron chi connectivity index (χ0n) is 13.7. The molecule has 0 aliphatic rings. The fourth-order valence-electron chi connectivity index (χ4n) is 2.21. The van der Waals surface area contributed by atoms with Crippen LogP contribution in [0.15, 0.2) is 0 Å². The minimum absolute atomic E-state index is 0.0644. The monoisotopic (exact) mass is 301 g/mol. The number of nitrogens with zero attached hydrogens (tertiary/aromatic N) is 2. The van der Waals surface area contributed by atoms with Crippen molar-refractivity contribution in [2.45, 2.75) is 47.5 Å². The van der Waals surface area contributed by atoms with E-state index < -0.39 is 5.41 Å². The Morgan fingerprint density at radius 1 is 1.10 bits per heavy atom. The van der Waals surface area contributed by atoms with Crippen LogP contribution in [-0.2, 0) is 4.79 Å². The van der Waals surface area contributed by atoms with Gasteiger partial charge >= 0.3 is 0 Å². The highest BCUT2D eigenvalue weighted by Crippen LogP contribution is 2.24. The summed E-state index contributed by atoms with van der Waals surface area (Å²) in [6, 6.07) is 0. The van der Waals surface area contributed by atoms with E-state index in [9.17, 15) is 4.79 Å². The number of carbonyl (C=O) groups excluding carboxylic acids is 1. The molecule has 0 fully saturated rings. The van der Waals surface area contributed by atoms with Gasteiger partial charge in [-0.05, 0) is 46.3 Å². The fourth-order valence-corrected chi connectivity index (χ4v) is 2.44. The van der Waals surface area contributed by atoms with Crippen LogP contribution in [0, 0.1) is 5.41 Å². The third-order valence-electron chi connectivity index (χ3n) is 4.19. The number of rotatable bonds is 10. The van der Waals surface area contributed by atoms with Crippen molar-refractivity contribution in [3.05, 3.63) is 0 Å². The summed E-state index contributed by atoms with van der Waals surface area (Å²) < 4.78 is 0. The molecule has 0 aromatic rings. The zero-order valence-corrected chi connectivity index (χ0v) is 14.6. The summed E-state index contributed by atoms with van der Waals surface area (Å²) in [4.78, 5) is 17.2. The van der Waals surface area contributed by atoms with Gasteiger partial charge in [0.2, 0.25) is 5.91 Å². The van der Waals surface area contributed by atoms with Crippen LogP contribution < -0.4 is 5.73 Å². The fraction of sp³-hybridized carbons (Fsp3) is 0.867. The second-order valence-electron chi connectivity index (χ2n) is 5.32. The van der Waals surface area contributed by atoms with E-state index >= 15 is 0 Å². The molecule has 0 aromatic carbocycles. The molecule has 0 aliphatic carbocycles. The molecule has 2 N–H and O–H groups in total. The second-order valence-corrected chi connectivity index (χ2v) is 5.75. The minimum atomic E-state index is -0.708. The van der Waals surface area contributed by atoms with Gasteiger partial charge in [0.25, 0.3) is 0 Å². The van der Waals surface area contributed by atoms with Gasteiger partial charge in [-0.15, -0.1) is 0 Å². The van der Waals surface area contributed by atoms with Crippen LogP contribution in [0.25, 0.3) is 0 Å². The van der Waals surface area contributed by atoms with Gasteiger partial charge in [-0.1, -0.05) is 33.0 Å². The van der Waals surface area contributed by atoms with Crippen molar-refractivity contribution >= 4 is 23.1 Å². The van der Waals surface area contributed by atoms with Crippen molar-refractivity contribution in [1.29, 1.82) is 0 Å². The molecule has 0 bridgehead atoms. The molecule has 0 spiro atoms. The van der Waals surface area contributed by atoms with Gasteiger partial charge in [0.15, 0.2) is 0 Å². The summed E-state index contributed by atoms with van der Waals surface area (Å²) in [5.41, 5.74) is 5.06. The van der Waals surface area contributed by atoms with Gasteiger partial charge in [-0.25, -0.2) is 0 Å². The number of amides is 1. The molecular formula is C15H31N3OS. The zero-order chi connectivity index (χ0) is 15.8. The Morgan fingerprint density at radius 3 is 2.00 bits per heavy atom. The quantitative estimate of drug-likeness (QED) is 0.629. The van der Waals surface area contributed by atoms with Crippen LogP contribution >= 0.6 is 12.2 Å². The minimum Gasteiger partial charge on any atom is -0.392 e. The van der Waals surface area contributed by atoms with E-state index in [1.165, 1.54) is 0 Å². The van der Waals surface area contributed by atoms with E-state index in [2.05, 4.69) is 18.7 Å². The van der Waals surface area contributed by atoms with Crippen LogP contribution in [0.2, 0.25) is 0 Å². The molecule has 1 amide bonds. The molecule has 0 aromatic heterocycles. The number of hydrogen-bond donors (Lipinski definition) is 1. The highest BCUT2D eigenvalue weighted by molar-refractivity contribution is 7.80. The first-order chi connectivity index (χ1) is 9.37. The third-order valence-corrected chi connectivity index (χ3v) is 4.64. The largest absolute Gasteiger partial charge is 0.392 e. The Labute approximate surface area is 129 Å². The van der Waals surface area contributed by atoms with Crippen molar-refractivity contribution in [2.75, 3.05) is 32.7 Å². The first kappa shape index (κ1) is 19.3. The van der Waals surface area contributed by atoms with Gasteiger partial charge in [-0.3, -0.25) is 4.79 Å². The standard InChI is InChI=1S/C15H31N3OS/c1-6-15(5,13(16)20)14(19)18(9-4)12-10-11-17(7-2)8-3/h6-12H2,1-5H3,(H2,16,20). The summed E-state index contributed by atoms with van der Waals surface area (Å²) in [7, 11) is 0. The average molecular weight is 301 g/mol. The molecule has 4 nitrogen and oxygen atoms in total. The molecule has 0 heterocycles. The van der Waals surface area contributed by atoms with E-state index in [4.69, 9.17) is 18.0 Å². The SMILES string of the molecule is CCN(CC)CCCN(CC)C(=O)C(C)(CC)C(N)=S. The van der Waals surface area contributed by atoms with E-state index in [-0.39, 0.29) is 5.91 Å². The van der Waals surface area contributed by atoms with Crippen molar-refractivity contribution < 1.29 is 4.79 Å². The topological polar surface area (TPSA) is 49.6 Å². The highest BCUT2D eigenvalue weighted by Gasteiger charge is 2.37. The molecule has 0 saturated carbocycles. The van der Waals surface area contributed by atoms with Gasteiger partial charge in [0, 0.05) is 13.1 Å². The summed E-state index contributed by atoms with van der Waals surface area (Å²) in [6.45, 7) is 14.7. The van der Waals surface area contributed by atoms with Gasteiger partial charge in [-0.2, -0.15) is 0 Å². The lowest BCUT2D eigenvalue weighted by Crippen LogP contribution is -2.49. The summed E-state index contributed by atoms with van der Waals surface area (Å²) >= 11 is 5.09. The van der Waals surface area contributed by atoms with E-state index in [1.54, 1.807) is 0 Å². The Hall–Kier alpha value is -0.680. The maximum absolute atomic E-state index is 12.6. The molecule has 0 saturated heterocycles. The van der Waals surface area contributed by atoms with Crippen LogP contribution in [-0.4, -0.2) is 53.4 Å². The predicted molar refractivity (Wildman–Crippen MR) is 89.8 cm³/mol. The van der Waals surface area contributed by atoms with Crippen LogP contribution in [0.1, 0.15) is 47.5 Å². The van der Waals surface area contributed by atoms with Crippen molar-refractivity contribution in [2.24, 2.45) is 11.1 Å². The molecule has 1 atom stereocenters. The maximum Gasteiger partial charge on any atom is 0.235 e. The van der Waals surface area contributed by atoms with Gasteiger partial charge in [0.1, 0.15) is 0 Å². The number of carbonyl (C=O) groups is 1. The number of nitrogens with two attached hydrogens (primary N) is 1. The second kappa shape index (κ2) is 9.29. The van der Waals surface area contributed by atoms with E-state index in [1.807, 2.05) is 25.7 Å². The molecule has 1 unspecified atom stereocenters. The Kier molecular flexibility index (Phi) is 8.98. The number of thiocarbonyl (C=S) groups is 1. The van der Waals surface area contributed by atoms with Crippen molar-refractivity contribution in [3.63, 3.8) is 0 Å². The maximum atomic E-state index is 12.6. The first-order valence-corrected chi connectivity index (χ1v) is 8.09. The molecular weight excluding hydrogens is 270 g/mol. The lowest BCUT2D eigenvalue weighted by Gasteiger charge is -2.33. The van der Waals surface area contributed by atoms with Crippen molar-refractivity contribution in [3.8, 4) is 0 Å². The lowest BCUT2D eigenvalue weighted by atomic mass is 9.85. The molecule has 20 heavy (non-hydrogen) atoms. The normalized spacial score (nSPS) is 14.1. The lowest BCUT2D eigenvalue weighted by molar-refractivity contribution is -0.137. The Balaban J connectivity index is 4.60. The van der Waals surface area contributed by atoms with E-state index in [0.717, 1.165) is 32.6 Å². The molecule has 0 radical (unpaired) electrons. The average Bonchev–Trinajstić information content (AvgIpc) is 2.45. The van der Waals surface area contributed by atoms with Gasteiger partial charge in [0.05, 0.1) is 10.4 Å². The van der Waals surface area contributed by atoms with Crippen LogP contribution in [0.4, 0.5) is 0 Å². The molecule has 0 rings (SSSR count). The van der Waals surface area contributed by atoms with E-state index in [0.29, 0.717) is 18.0 Å². The Morgan fingerprint density at radius 2 is 1.65 bits per heavy atom. The number of hydrogen-bond acceptors (Lipinski definition) is 3. The first-order valence-electron chi connectivity index (χ1n) is 7.68. The summed E-state index contributed by atoms with van der Waals surface area (Å²) in [5.74, 6) is 0.0644.